The van der Waals surface area contributed by atoms with E-state index in [0.717, 1.165) is 10.6 Å². The van der Waals surface area contributed by atoms with E-state index in [-0.39, 0.29) is 6.54 Å². The quantitative estimate of drug-likeness (QED) is 0.756. The second-order valence-electron chi connectivity index (χ2n) is 6.40. The van der Waals surface area contributed by atoms with Crippen LogP contribution in [0.2, 0.25) is 0 Å². The Kier molecular flexibility index (Phi) is 5.06. The number of rotatable bonds is 6. The number of carbonyl (C=O) groups is 3. The van der Waals surface area contributed by atoms with Gasteiger partial charge in [0, 0.05) is 6.54 Å². The Balaban J connectivity index is 1.63. The van der Waals surface area contributed by atoms with E-state index in [4.69, 9.17) is 0 Å². The summed E-state index contributed by atoms with van der Waals surface area (Å²) in [4.78, 5) is 39.0. The molecular formula is C18H20N4O3S. The highest BCUT2D eigenvalue weighted by molar-refractivity contribution is 7.07. The molecule has 1 fully saturated rings. The van der Waals surface area contributed by atoms with Crippen LogP contribution in [0.15, 0.2) is 47.2 Å². The number of nitrogens with zero attached hydrogens (tertiary/aromatic N) is 2. The van der Waals surface area contributed by atoms with Crippen molar-refractivity contribution in [2.24, 2.45) is 0 Å². The first-order chi connectivity index (χ1) is 12.4. The molecule has 1 aromatic heterocycles. The van der Waals surface area contributed by atoms with Crippen LogP contribution in [0.4, 0.5) is 4.79 Å². The van der Waals surface area contributed by atoms with Gasteiger partial charge in [0.2, 0.25) is 0 Å². The summed E-state index contributed by atoms with van der Waals surface area (Å²) >= 11 is 1.59. The molecule has 0 aliphatic carbocycles. The zero-order chi connectivity index (χ0) is 18.7. The number of hydrogen-bond donors (Lipinski definition) is 2. The Labute approximate surface area is 155 Å². The highest BCUT2D eigenvalue weighted by atomic mass is 32.1. The van der Waals surface area contributed by atoms with Crippen molar-refractivity contribution >= 4 is 29.2 Å². The lowest BCUT2D eigenvalue weighted by Gasteiger charge is -2.22. The van der Waals surface area contributed by atoms with Gasteiger partial charge < -0.3 is 5.32 Å². The largest absolute Gasteiger partial charge is 0.344 e. The minimum atomic E-state index is -1.20. The van der Waals surface area contributed by atoms with Crippen LogP contribution in [0.25, 0.3) is 0 Å². The molecule has 2 N–H and O–H groups in total. The molecule has 0 radical (unpaired) electrons. The molecule has 1 saturated heterocycles. The molecule has 4 amide bonds. The van der Waals surface area contributed by atoms with E-state index in [9.17, 15) is 14.4 Å². The van der Waals surface area contributed by atoms with E-state index in [0.29, 0.717) is 12.1 Å². The minimum Gasteiger partial charge on any atom is -0.318 e. The van der Waals surface area contributed by atoms with Gasteiger partial charge in [0.1, 0.15) is 5.54 Å². The van der Waals surface area contributed by atoms with Gasteiger partial charge in [-0.2, -0.15) is 16.3 Å². The maximum atomic E-state index is 12.7. The minimum absolute atomic E-state index is 0.0644. The third kappa shape index (κ3) is 3.61. The molecule has 1 aliphatic heterocycles. The topological polar surface area (TPSA) is 81.8 Å². The molecule has 2 heterocycles. The molecular weight excluding hydrogens is 352 g/mol. The first-order valence-electron chi connectivity index (χ1n) is 8.11. The maximum Gasteiger partial charge on any atom is 0.344 e. The third-order valence-corrected chi connectivity index (χ3v) is 4.96. The number of thiophene rings is 1. The molecule has 8 heteroatoms. The zero-order valence-electron chi connectivity index (χ0n) is 14.6. The average molecular weight is 372 g/mol. The third-order valence-electron chi connectivity index (χ3n) is 4.22. The van der Waals surface area contributed by atoms with Crippen LogP contribution in [-0.2, 0) is 21.7 Å². The zero-order valence-corrected chi connectivity index (χ0v) is 15.4. The summed E-state index contributed by atoms with van der Waals surface area (Å²) < 4.78 is 0. The first kappa shape index (κ1) is 18.1. The monoisotopic (exact) mass is 372 g/mol. The fraction of sp³-hybridized carbons (Fsp3) is 0.278. The smallest absolute Gasteiger partial charge is 0.318 e. The summed E-state index contributed by atoms with van der Waals surface area (Å²) in [5, 5.41) is 7.39. The summed E-state index contributed by atoms with van der Waals surface area (Å²) in [6.07, 6.45) is 0. The molecule has 1 aliphatic rings. The van der Waals surface area contributed by atoms with Crippen molar-refractivity contribution in [1.29, 1.82) is 0 Å². The van der Waals surface area contributed by atoms with E-state index >= 15 is 0 Å². The van der Waals surface area contributed by atoms with Crippen LogP contribution in [0.1, 0.15) is 18.1 Å². The van der Waals surface area contributed by atoms with E-state index in [2.05, 4.69) is 10.7 Å². The van der Waals surface area contributed by atoms with Gasteiger partial charge >= 0.3 is 6.03 Å². The van der Waals surface area contributed by atoms with E-state index in [1.807, 2.05) is 27.8 Å². The standard InChI is InChI=1S/C18H20N4O3S/c1-18(14-6-4-3-5-7-14)16(24)22(17(25)19-18)20-15(23)11-21(2)10-13-8-9-26-12-13/h3-9,12H,10-11H2,1-2H3,(H,19,25)(H,20,23)/t18-/m1/s1. The molecule has 0 unspecified atom stereocenters. The predicted octanol–water partition coefficient (Wildman–Crippen LogP) is 1.68. The van der Waals surface area contributed by atoms with Gasteiger partial charge in [-0.05, 0) is 41.9 Å². The lowest BCUT2D eigenvalue weighted by Crippen LogP contribution is -2.50. The number of amides is 4. The molecule has 0 spiro atoms. The number of imide groups is 1. The Bertz CT molecular complexity index is 809. The van der Waals surface area contributed by atoms with Crippen LogP contribution in [-0.4, -0.2) is 41.3 Å². The number of hydrazine groups is 1. The number of hydrogen-bond acceptors (Lipinski definition) is 5. The molecule has 136 valence electrons. The summed E-state index contributed by atoms with van der Waals surface area (Å²) in [6.45, 7) is 2.30. The molecule has 26 heavy (non-hydrogen) atoms. The van der Waals surface area contributed by atoms with Crippen molar-refractivity contribution in [3.63, 3.8) is 0 Å². The lowest BCUT2D eigenvalue weighted by atomic mass is 9.92. The maximum absolute atomic E-state index is 12.7. The second kappa shape index (κ2) is 7.27. The number of benzene rings is 1. The fourth-order valence-corrected chi connectivity index (χ4v) is 3.52. The van der Waals surface area contributed by atoms with Crippen molar-refractivity contribution in [2.75, 3.05) is 13.6 Å². The van der Waals surface area contributed by atoms with Crippen LogP contribution < -0.4 is 10.7 Å². The average Bonchev–Trinajstić information content (AvgIpc) is 3.18. The number of carbonyl (C=O) groups excluding carboxylic acids is 3. The summed E-state index contributed by atoms with van der Waals surface area (Å²) in [7, 11) is 1.80. The van der Waals surface area contributed by atoms with E-state index in [1.165, 1.54) is 0 Å². The fourth-order valence-electron chi connectivity index (χ4n) is 2.86. The molecule has 2 aromatic rings. The summed E-state index contributed by atoms with van der Waals surface area (Å²) in [5.74, 6) is -0.939. The normalized spacial score (nSPS) is 19.7. The van der Waals surface area contributed by atoms with Gasteiger partial charge in [-0.15, -0.1) is 0 Å². The number of nitrogens with one attached hydrogen (secondary N) is 2. The van der Waals surface area contributed by atoms with E-state index in [1.54, 1.807) is 49.6 Å². The Morgan fingerprint density at radius 3 is 2.65 bits per heavy atom. The predicted molar refractivity (Wildman–Crippen MR) is 98.0 cm³/mol. The molecule has 1 atom stereocenters. The van der Waals surface area contributed by atoms with Crippen molar-refractivity contribution in [1.82, 2.24) is 20.7 Å². The molecule has 1 aromatic carbocycles. The van der Waals surface area contributed by atoms with Gasteiger partial charge in [0.15, 0.2) is 0 Å². The van der Waals surface area contributed by atoms with Crippen molar-refractivity contribution in [3.05, 3.63) is 58.3 Å². The second-order valence-corrected chi connectivity index (χ2v) is 7.18. The van der Waals surface area contributed by atoms with Gasteiger partial charge in [-0.25, -0.2) is 4.79 Å². The van der Waals surface area contributed by atoms with Crippen molar-refractivity contribution in [2.45, 2.75) is 19.0 Å². The van der Waals surface area contributed by atoms with Gasteiger partial charge in [0.25, 0.3) is 11.8 Å². The van der Waals surface area contributed by atoms with Crippen molar-refractivity contribution in [3.8, 4) is 0 Å². The van der Waals surface area contributed by atoms with Crippen LogP contribution in [0, 0.1) is 0 Å². The molecule has 3 rings (SSSR count). The van der Waals surface area contributed by atoms with Crippen LogP contribution in [0.3, 0.4) is 0 Å². The highest BCUT2D eigenvalue weighted by Crippen LogP contribution is 2.27. The number of likely N-dealkylation sites (N-methyl/N-ethyl adjacent to an activating group) is 1. The van der Waals surface area contributed by atoms with E-state index < -0.39 is 23.4 Å². The van der Waals surface area contributed by atoms with Gasteiger partial charge in [-0.1, -0.05) is 30.3 Å². The van der Waals surface area contributed by atoms with Crippen LogP contribution in [0.5, 0.6) is 0 Å². The first-order valence-corrected chi connectivity index (χ1v) is 9.06. The van der Waals surface area contributed by atoms with Gasteiger partial charge in [-0.3, -0.25) is 19.9 Å². The summed E-state index contributed by atoms with van der Waals surface area (Å²) in [5.41, 5.74) is 2.97. The molecule has 0 bridgehead atoms. The Morgan fingerprint density at radius 1 is 1.27 bits per heavy atom. The lowest BCUT2D eigenvalue weighted by molar-refractivity contribution is -0.139. The van der Waals surface area contributed by atoms with Gasteiger partial charge in [0.05, 0.1) is 6.54 Å². The highest BCUT2D eigenvalue weighted by Gasteiger charge is 2.49. The molecule has 0 saturated carbocycles. The Morgan fingerprint density at radius 2 is 2.00 bits per heavy atom. The molecule has 7 nitrogen and oxygen atoms in total. The summed E-state index contributed by atoms with van der Waals surface area (Å²) in [6, 6.07) is 10.3. The van der Waals surface area contributed by atoms with Crippen LogP contribution >= 0.6 is 11.3 Å². The van der Waals surface area contributed by atoms with Crippen molar-refractivity contribution < 1.29 is 14.4 Å². The Hall–Kier alpha value is -2.71. The SMILES string of the molecule is CN(CC(=O)NN1C(=O)N[C@](C)(c2ccccc2)C1=O)Cc1ccsc1. The number of urea groups is 1.